The van der Waals surface area contributed by atoms with E-state index in [1.165, 1.54) is 16.4 Å². The van der Waals surface area contributed by atoms with Crippen LogP contribution in [0.15, 0.2) is 17.0 Å². The molecular formula is C13H20ClN3O2S. The summed E-state index contributed by atoms with van der Waals surface area (Å²) in [6.07, 6.45) is 0.824. The Balaban J connectivity index is 2.35. The molecule has 1 aromatic carbocycles. The molecule has 0 spiro atoms. The van der Waals surface area contributed by atoms with Crippen molar-refractivity contribution in [3.05, 3.63) is 22.7 Å². The zero-order valence-corrected chi connectivity index (χ0v) is 13.3. The fourth-order valence-corrected chi connectivity index (χ4v) is 4.06. The minimum absolute atomic E-state index is 0.176. The third-order valence-corrected chi connectivity index (χ3v) is 5.94. The van der Waals surface area contributed by atoms with Crippen LogP contribution in [0.2, 0.25) is 5.02 Å². The molecule has 1 aliphatic rings. The summed E-state index contributed by atoms with van der Waals surface area (Å²) < 4.78 is 26.8. The smallest absolute Gasteiger partial charge is 0.243 e. The largest absolute Gasteiger partial charge is 0.398 e. The summed E-state index contributed by atoms with van der Waals surface area (Å²) in [5.41, 5.74) is 6.94. The van der Waals surface area contributed by atoms with Gasteiger partial charge in [0.05, 0.1) is 4.90 Å². The summed E-state index contributed by atoms with van der Waals surface area (Å²) in [6.45, 7) is 4.42. The van der Waals surface area contributed by atoms with E-state index in [9.17, 15) is 8.42 Å². The number of halogens is 1. The van der Waals surface area contributed by atoms with E-state index in [1.54, 1.807) is 6.92 Å². The van der Waals surface area contributed by atoms with Crippen molar-refractivity contribution in [1.82, 2.24) is 9.21 Å². The average Bonchev–Trinajstić information content (AvgIpc) is 2.60. The Bertz CT molecular complexity index is 581. The van der Waals surface area contributed by atoms with E-state index in [4.69, 9.17) is 17.3 Å². The van der Waals surface area contributed by atoms with Crippen LogP contribution in [0.3, 0.4) is 0 Å². The topological polar surface area (TPSA) is 66.6 Å². The highest BCUT2D eigenvalue weighted by molar-refractivity contribution is 7.89. The van der Waals surface area contributed by atoms with Gasteiger partial charge in [-0.3, -0.25) is 0 Å². The van der Waals surface area contributed by atoms with E-state index in [-0.39, 0.29) is 4.90 Å². The number of likely N-dealkylation sites (N-methyl/N-ethyl adjacent to an activating group) is 1. The second-order valence-corrected chi connectivity index (χ2v) is 7.53. The average molecular weight is 318 g/mol. The van der Waals surface area contributed by atoms with Crippen LogP contribution in [0.1, 0.15) is 12.0 Å². The van der Waals surface area contributed by atoms with Crippen LogP contribution in [0.5, 0.6) is 0 Å². The number of nitrogens with zero attached hydrogens (tertiary/aromatic N) is 2. The number of hydrogen-bond acceptors (Lipinski definition) is 4. The minimum atomic E-state index is -3.53. The molecule has 1 heterocycles. The maximum Gasteiger partial charge on any atom is 0.243 e. The molecule has 2 rings (SSSR count). The maximum absolute atomic E-state index is 12.7. The predicted molar refractivity (Wildman–Crippen MR) is 81.5 cm³/mol. The number of anilines is 1. The van der Waals surface area contributed by atoms with E-state index in [0.717, 1.165) is 19.5 Å². The van der Waals surface area contributed by atoms with Crippen molar-refractivity contribution in [2.24, 2.45) is 0 Å². The highest BCUT2D eigenvalue weighted by Gasteiger charge is 2.27. The molecule has 0 radical (unpaired) electrons. The molecule has 2 N–H and O–H groups in total. The number of sulfonamides is 1. The molecule has 0 atom stereocenters. The first-order chi connectivity index (χ1) is 9.32. The maximum atomic E-state index is 12.7. The first kappa shape index (κ1) is 15.6. The van der Waals surface area contributed by atoms with E-state index >= 15 is 0 Å². The molecule has 1 saturated heterocycles. The van der Waals surface area contributed by atoms with Crippen LogP contribution in [0.25, 0.3) is 0 Å². The van der Waals surface area contributed by atoms with Gasteiger partial charge in [-0.1, -0.05) is 11.6 Å². The standard InChI is InChI=1S/C13H20ClN3O2S/c1-10-12(14)8-11(9-13(10)15)20(18,19)17-5-3-4-16(2)6-7-17/h8-9H,3-7,15H2,1-2H3. The zero-order chi connectivity index (χ0) is 14.9. The Hall–Kier alpha value is -0.820. The first-order valence-electron chi connectivity index (χ1n) is 6.56. The Morgan fingerprint density at radius 1 is 1.20 bits per heavy atom. The number of benzene rings is 1. The lowest BCUT2D eigenvalue weighted by atomic mass is 10.2. The number of nitrogen functional groups attached to an aromatic ring is 1. The van der Waals surface area contributed by atoms with Crippen LogP contribution in [0.4, 0.5) is 5.69 Å². The van der Waals surface area contributed by atoms with E-state index in [0.29, 0.717) is 29.4 Å². The lowest BCUT2D eigenvalue weighted by Crippen LogP contribution is -2.34. The molecule has 0 saturated carbocycles. The van der Waals surface area contributed by atoms with Gasteiger partial charge in [0.15, 0.2) is 0 Å². The fourth-order valence-electron chi connectivity index (χ4n) is 2.24. The van der Waals surface area contributed by atoms with Gasteiger partial charge in [-0.05, 0) is 44.6 Å². The van der Waals surface area contributed by atoms with Gasteiger partial charge < -0.3 is 10.6 Å². The monoisotopic (exact) mass is 317 g/mol. The van der Waals surface area contributed by atoms with Crippen molar-refractivity contribution in [3.8, 4) is 0 Å². The normalized spacial score (nSPS) is 18.9. The molecule has 1 fully saturated rings. The fraction of sp³-hybridized carbons (Fsp3) is 0.538. The van der Waals surface area contributed by atoms with Crippen LogP contribution >= 0.6 is 11.6 Å². The first-order valence-corrected chi connectivity index (χ1v) is 8.38. The summed E-state index contributed by atoms with van der Waals surface area (Å²) in [5, 5.41) is 0.385. The number of rotatable bonds is 2. The lowest BCUT2D eigenvalue weighted by molar-refractivity contribution is 0.347. The Kier molecular flexibility index (Phi) is 4.59. The SMILES string of the molecule is Cc1c(N)cc(S(=O)(=O)N2CCCN(C)CC2)cc1Cl. The van der Waals surface area contributed by atoms with Gasteiger partial charge in [0.1, 0.15) is 0 Å². The zero-order valence-electron chi connectivity index (χ0n) is 11.8. The molecule has 7 heteroatoms. The molecule has 1 aromatic rings. The van der Waals surface area contributed by atoms with Gasteiger partial charge in [-0.25, -0.2) is 8.42 Å². The van der Waals surface area contributed by atoms with Crippen LogP contribution in [-0.2, 0) is 10.0 Å². The van der Waals surface area contributed by atoms with Crippen molar-refractivity contribution < 1.29 is 8.42 Å². The van der Waals surface area contributed by atoms with Crippen molar-refractivity contribution >= 4 is 27.3 Å². The van der Waals surface area contributed by atoms with Gasteiger partial charge in [0, 0.05) is 30.3 Å². The lowest BCUT2D eigenvalue weighted by Gasteiger charge is -2.21. The predicted octanol–water partition coefficient (Wildman–Crippen LogP) is 1.56. The highest BCUT2D eigenvalue weighted by Crippen LogP contribution is 2.28. The third-order valence-electron chi connectivity index (χ3n) is 3.67. The summed E-state index contributed by atoms with van der Waals surface area (Å²) >= 11 is 6.05. The third kappa shape index (κ3) is 3.09. The summed E-state index contributed by atoms with van der Waals surface area (Å²) in [4.78, 5) is 2.31. The minimum Gasteiger partial charge on any atom is -0.398 e. The number of hydrogen-bond donors (Lipinski definition) is 1. The molecule has 0 bridgehead atoms. The molecule has 112 valence electrons. The Morgan fingerprint density at radius 2 is 1.90 bits per heavy atom. The molecular weight excluding hydrogens is 298 g/mol. The van der Waals surface area contributed by atoms with Gasteiger partial charge in [0.25, 0.3) is 0 Å². The van der Waals surface area contributed by atoms with Gasteiger partial charge in [-0.2, -0.15) is 4.31 Å². The van der Waals surface area contributed by atoms with Gasteiger partial charge in [0.2, 0.25) is 10.0 Å². The molecule has 0 aliphatic carbocycles. The molecule has 0 aromatic heterocycles. The molecule has 0 amide bonds. The summed E-state index contributed by atoms with van der Waals surface area (Å²) in [7, 11) is -1.53. The van der Waals surface area contributed by atoms with E-state index in [1.807, 2.05) is 7.05 Å². The van der Waals surface area contributed by atoms with Crippen molar-refractivity contribution in [1.29, 1.82) is 0 Å². The van der Waals surface area contributed by atoms with Crippen LogP contribution in [-0.4, -0.2) is 50.8 Å². The quantitative estimate of drug-likeness (QED) is 0.841. The van der Waals surface area contributed by atoms with Crippen molar-refractivity contribution in [3.63, 3.8) is 0 Å². The second kappa shape index (κ2) is 5.89. The Labute approximate surface area is 125 Å². The summed E-state index contributed by atoms with van der Waals surface area (Å²) in [5.74, 6) is 0. The van der Waals surface area contributed by atoms with E-state index < -0.39 is 10.0 Å². The van der Waals surface area contributed by atoms with Crippen molar-refractivity contribution in [2.45, 2.75) is 18.2 Å². The number of nitrogens with two attached hydrogens (primary N) is 1. The molecule has 0 unspecified atom stereocenters. The Morgan fingerprint density at radius 3 is 2.55 bits per heavy atom. The summed E-state index contributed by atoms with van der Waals surface area (Å²) in [6, 6.07) is 2.97. The van der Waals surface area contributed by atoms with Gasteiger partial charge in [-0.15, -0.1) is 0 Å². The van der Waals surface area contributed by atoms with Crippen molar-refractivity contribution in [2.75, 3.05) is 39.0 Å². The second-order valence-electron chi connectivity index (χ2n) is 5.18. The molecule has 1 aliphatic heterocycles. The van der Waals surface area contributed by atoms with Gasteiger partial charge >= 0.3 is 0 Å². The van der Waals surface area contributed by atoms with Crippen LogP contribution < -0.4 is 5.73 Å². The molecule has 20 heavy (non-hydrogen) atoms. The van der Waals surface area contributed by atoms with E-state index in [2.05, 4.69) is 4.90 Å². The van der Waals surface area contributed by atoms with Crippen LogP contribution in [0, 0.1) is 6.92 Å². The molecule has 5 nitrogen and oxygen atoms in total. The highest BCUT2D eigenvalue weighted by atomic mass is 35.5.